The first kappa shape index (κ1) is 16.8. The zero-order chi connectivity index (χ0) is 6.24. The molecule has 10 heavy (non-hydrogen) atoms. The molecule has 0 aromatic carbocycles. The van der Waals surface area contributed by atoms with E-state index in [4.69, 9.17) is 0 Å². The van der Waals surface area contributed by atoms with Crippen molar-refractivity contribution in [3.05, 3.63) is 37.1 Å². The van der Waals surface area contributed by atoms with E-state index in [2.05, 4.69) is 11.9 Å². The molecule has 0 rings (SSSR count). The van der Waals surface area contributed by atoms with Crippen LogP contribution in [0.2, 0.25) is 0 Å². The molecule has 0 aliphatic heterocycles. The molecule has 0 aromatic rings. The molecular weight excluding hydrogens is 466 g/mol. The Balaban J connectivity index is -0.000000245. The summed E-state index contributed by atoms with van der Waals surface area (Å²) in [7, 11) is 1.86. The van der Waals surface area contributed by atoms with Gasteiger partial charge in [0.2, 0.25) is 0 Å². The third-order valence-electron chi connectivity index (χ3n) is 0.621. The molecule has 0 spiro atoms. The zero-order valence-corrected chi connectivity index (χ0v) is 11.8. The maximum absolute atomic E-state index is 3.52. The molecule has 0 saturated carbocycles. The second-order valence-electron chi connectivity index (χ2n) is 1.27. The fraction of sp³-hybridized carbons (Fsp3) is 0.143. The molecule has 0 bridgehead atoms. The summed E-state index contributed by atoms with van der Waals surface area (Å²) in [6.45, 7) is 3.52. The summed E-state index contributed by atoms with van der Waals surface area (Å²) >= 11 is 0. The quantitative estimate of drug-likeness (QED) is 0.608. The second-order valence-corrected chi connectivity index (χ2v) is 1.27. The maximum Gasteiger partial charge on any atom is 0.00277 e. The van der Waals surface area contributed by atoms with Crippen LogP contribution in [0.25, 0.3) is 0 Å². The molecular formula is C7H11NW2. The Hall–Kier alpha value is 0.397. The van der Waals surface area contributed by atoms with Crippen LogP contribution in [0.4, 0.5) is 0 Å². The summed E-state index contributed by atoms with van der Waals surface area (Å²) in [6, 6.07) is 0. The molecule has 0 unspecified atom stereocenters. The van der Waals surface area contributed by atoms with Crippen molar-refractivity contribution in [1.29, 1.82) is 0 Å². The first-order chi connectivity index (χ1) is 3.91. The molecule has 1 nitrogen and oxygen atoms in total. The zero-order valence-electron chi connectivity index (χ0n) is 5.91. The van der Waals surface area contributed by atoms with Crippen LogP contribution in [0.1, 0.15) is 0 Å². The summed E-state index contributed by atoms with van der Waals surface area (Å²) in [6.07, 6.45) is 9.26. The number of nitrogens with one attached hydrogen (secondary N) is 1. The van der Waals surface area contributed by atoms with Gasteiger partial charge in [-0.25, -0.2) is 0 Å². The number of rotatable bonds is 3. The van der Waals surface area contributed by atoms with Crippen molar-refractivity contribution in [2.75, 3.05) is 7.05 Å². The summed E-state index contributed by atoms with van der Waals surface area (Å²) < 4.78 is 0. The molecule has 0 radical (unpaired) electrons. The Morgan fingerprint density at radius 3 is 2.10 bits per heavy atom. The number of allylic oxidation sites excluding steroid dienone is 4. The molecule has 0 heterocycles. The van der Waals surface area contributed by atoms with Gasteiger partial charge < -0.3 is 5.32 Å². The van der Waals surface area contributed by atoms with Gasteiger partial charge in [-0.2, -0.15) is 0 Å². The minimum atomic E-state index is 0. The van der Waals surface area contributed by atoms with Crippen molar-refractivity contribution in [1.82, 2.24) is 5.32 Å². The van der Waals surface area contributed by atoms with E-state index in [0.717, 1.165) is 0 Å². The van der Waals surface area contributed by atoms with Crippen LogP contribution in [0.3, 0.4) is 0 Å². The summed E-state index contributed by atoms with van der Waals surface area (Å²) in [5.41, 5.74) is 0. The van der Waals surface area contributed by atoms with Crippen molar-refractivity contribution in [3.8, 4) is 0 Å². The van der Waals surface area contributed by atoms with E-state index >= 15 is 0 Å². The molecule has 0 atom stereocenters. The molecule has 0 aliphatic rings. The van der Waals surface area contributed by atoms with Crippen LogP contribution in [-0.4, -0.2) is 7.05 Å². The van der Waals surface area contributed by atoms with Crippen molar-refractivity contribution in [2.24, 2.45) is 0 Å². The van der Waals surface area contributed by atoms with Crippen molar-refractivity contribution in [3.63, 3.8) is 0 Å². The Kier molecular flexibility index (Phi) is 27.2. The fourth-order valence-electron chi connectivity index (χ4n) is 0.294. The SMILES string of the molecule is C=CC=CC=CNC.[W].[W]. The van der Waals surface area contributed by atoms with Crippen molar-refractivity contribution in [2.45, 2.75) is 0 Å². The van der Waals surface area contributed by atoms with Gasteiger partial charge in [0.25, 0.3) is 0 Å². The predicted octanol–water partition coefficient (Wildman–Crippen LogP) is 1.46. The van der Waals surface area contributed by atoms with E-state index in [-0.39, 0.29) is 42.1 Å². The number of hydrogen-bond acceptors (Lipinski definition) is 1. The average Bonchev–Trinajstić information content (AvgIpc) is 1.81. The van der Waals surface area contributed by atoms with Gasteiger partial charge in [-0.1, -0.05) is 24.8 Å². The molecule has 0 aliphatic carbocycles. The molecule has 1 N–H and O–H groups in total. The van der Waals surface area contributed by atoms with Gasteiger partial charge in [0, 0.05) is 49.2 Å². The molecule has 0 amide bonds. The minimum absolute atomic E-state index is 0. The molecule has 0 aromatic heterocycles. The topological polar surface area (TPSA) is 12.0 Å². The van der Waals surface area contributed by atoms with E-state index in [1.165, 1.54) is 0 Å². The van der Waals surface area contributed by atoms with Gasteiger partial charge >= 0.3 is 0 Å². The van der Waals surface area contributed by atoms with Gasteiger partial charge in [-0.05, 0) is 12.3 Å². The van der Waals surface area contributed by atoms with Gasteiger partial charge in [0.15, 0.2) is 0 Å². The Morgan fingerprint density at radius 2 is 1.70 bits per heavy atom. The first-order valence-corrected chi connectivity index (χ1v) is 2.53. The standard InChI is InChI=1S/C7H11N.2W/c1-3-4-5-6-7-8-2;;/h3-8H,1H2,2H3;;. The predicted molar refractivity (Wildman–Crippen MR) is 37.5 cm³/mol. The monoisotopic (exact) mass is 477 g/mol. The smallest absolute Gasteiger partial charge is 0.00277 e. The van der Waals surface area contributed by atoms with E-state index < -0.39 is 0 Å². The van der Waals surface area contributed by atoms with E-state index in [0.29, 0.717) is 0 Å². The number of hydrogen-bond donors (Lipinski definition) is 1. The minimum Gasteiger partial charge on any atom is -0.394 e. The van der Waals surface area contributed by atoms with Crippen LogP contribution in [0.15, 0.2) is 37.1 Å². The largest absolute Gasteiger partial charge is 0.394 e. The van der Waals surface area contributed by atoms with Crippen LogP contribution < -0.4 is 5.32 Å². The molecule has 0 saturated heterocycles. The summed E-state index contributed by atoms with van der Waals surface area (Å²) in [5.74, 6) is 0. The molecule has 56 valence electrons. The molecule has 0 fully saturated rings. The van der Waals surface area contributed by atoms with Gasteiger partial charge in [0.1, 0.15) is 0 Å². The maximum atomic E-state index is 3.52. The first-order valence-electron chi connectivity index (χ1n) is 2.53. The average molecular weight is 477 g/mol. The van der Waals surface area contributed by atoms with Crippen molar-refractivity contribution < 1.29 is 42.1 Å². The van der Waals surface area contributed by atoms with Gasteiger partial charge in [-0.15, -0.1) is 0 Å². The van der Waals surface area contributed by atoms with E-state index in [9.17, 15) is 0 Å². The summed E-state index contributed by atoms with van der Waals surface area (Å²) in [4.78, 5) is 0. The fourth-order valence-corrected chi connectivity index (χ4v) is 0.294. The summed E-state index contributed by atoms with van der Waals surface area (Å²) in [5, 5.41) is 2.86. The normalized spacial score (nSPS) is 8.50. The Morgan fingerprint density at radius 1 is 1.10 bits per heavy atom. The Labute approximate surface area is 91.2 Å². The van der Waals surface area contributed by atoms with Gasteiger partial charge in [-0.3, -0.25) is 0 Å². The van der Waals surface area contributed by atoms with Crippen LogP contribution in [0.5, 0.6) is 0 Å². The van der Waals surface area contributed by atoms with Crippen molar-refractivity contribution >= 4 is 0 Å². The third-order valence-corrected chi connectivity index (χ3v) is 0.621. The van der Waals surface area contributed by atoms with E-state index in [1.54, 1.807) is 6.08 Å². The Bertz CT molecular complexity index is 108. The van der Waals surface area contributed by atoms with E-state index in [1.807, 2.05) is 31.5 Å². The molecule has 3 heteroatoms. The van der Waals surface area contributed by atoms with Crippen LogP contribution in [-0.2, 0) is 42.1 Å². The van der Waals surface area contributed by atoms with Crippen LogP contribution in [0, 0.1) is 0 Å². The van der Waals surface area contributed by atoms with Gasteiger partial charge in [0.05, 0.1) is 0 Å². The second kappa shape index (κ2) is 16.2. The van der Waals surface area contributed by atoms with Crippen LogP contribution >= 0.6 is 0 Å². The third kappa shape index (κ3) is 15.8.